The molecule has 3 aliphatic heterocycles. The average molecular weight is 1450 g/mol. The third kappa shape index (κ3) is 16.2. The maximum Gasteiger partial charge on any atom is 0.436 e. The number of esters is 1. The number of carbonyl (C=O) groups is 3. The molecule has 6 atom stereocenters. The Kier molecular flexibility index (Phi) is 22.9. The molecular formula is C61H66Br2Cl2F9N13O4. The highest BCUT2D eigenvalue weighted by Crippen LogP contribution is 2.43. The Morgan fingerprint density at radius 1 is 0.582 bits per heavy atom. The monoisotopic (exact) mass is 1440 g/mol. The van der Waals surface area contributed by atoms with Crippen molar-refractivity contribution in [3.05, 3.63) is 159 Å². The number of aromatic amines is 1. The highest BCUT2D eigenvalue weighted by molar-refractivity contribution is 9.10. The Labute approximate surface area is 545 Å². The number of nitrogens with one attached hydrogen (secondary N) is 1. The standard InChI is InChI=1S/C22H22ClF4N5O.C17H19BrFN3O.C12H14FN3.C5H7BrO2.C5H4ClF3N2/c1-11(2)19-17(10-28-32(19)15-7-5-14(24)6-8-15)30-12(3)9-16(21(30)33)31-13(4)18(23)20(29-31)22(25,26)27;1-10(2)16-15(21-11(3)8-14(18)17(21)23)9-20-22(16)13-6-4-12(19)5-7-13;1-8(2)12-11(14)7-15-16(12)10-5-3-9(13)4-6-10;1-3-2-4(6)5(7)8-3;1-2-3(6)4(11-10-2)5(7,8)9/h5-8,10-12,16H,9H2,1-4H3;4-7,9-11,14H,8H2,1-3H3;3-8H,14H2,1-2H3;3-4H,2H2,1H3;1H3,(H,10,11). The molecule has 3 saturated heterocycles. The first kappa shape index (κ1) is 71.3. The summed E-state index contributed by atoms with van der Waals surface area (Å²) in [4.78, 5) is 39.6. The van der Waals surface area contributed by atoms with Crippen LogP contribution in [0.2, 0.25) is 10.0 Å². The second kappa shape index (κ2) is 29.2. The number of rotatable bonds is 9. The molecule has 0 bridgehead atoms. The van der Waals surface area contributed by atoms with Crippen molar-refractivity contribution in [1.82, 2.24) is 49.3 Å². The van der Waals surface area contributed by atoms with Crippen molar-refractivity contribution in [2.75, 3.05) is 15.5 Å². The summed E-state index contributed by atoms with van der Waals surface area (Å²) in [6.45, 7) is 20.7. The van der Waals surface area contributed by atoms with Crippen LogP contribution in [0.25, 0.3) is 17.1 Å². The number of aromatic nitrogens is 10. The zero-order valence-electron chi connectivity index (χ0n) is 51.0. The van der Waals surface area contributed by atoms with Gasteiger partial charge in [-0.3, -0.25) is 24.2 Å². The molecule has 3 fully saturated rings. The van der Waals surface area contributed by atoms with E-state index < -0.39 is 34.8 Å². The van der Waals surface area contributed by atoms with Crippen LogP contribution >= 0.6 is 55.1 Å². The van der Waals surface area contributed by atoms with E-state index in [4.69, 9.17) is 33.7 Å². The molecule has 0 aliphatic carbocycles. The summed E-state index contributed by atoms with van der Waals surface area (Å²) in [5, 5.41) is 21.0. The number of nitrogen functional groups attached to an aromatic ring is 1. The number of H-pyrrole nitrogens is 1. The minimum atomic E-state index is -4.72. The van der Waals surface area contributed by atoms with E-state index in [2.05, 4.69) is 76.3 Å². The highest BCUT2D eigenvalue weighted by Gasteiger charge is 2.46. The van der Waals surface area contributed by atoms with Crippen LogP contribution in [0.3, 0.4) is 0 Å². The van der Waals surface area contributed by atoms with E-state index in [1.54, 1.807) is 73.9 Å². The Balaban J connectivity index is 0.000000176. The Morgan fingerprint density at radius 2 is 0.989 bits per heavy atom. The lowest BCUT2D eigenvalue weighted by atomic mass is 10.1. The van der Waals surface area contributed by atoms with Crippen LogP contribution in [0, 0.1) is 31.3 Å². The number of halogens is 13. The quantitative estimate of drug-likeness (QED) is 0.0798. The number of hydrogen-bond acceptors (Lipinski definition) is 10. The first-order valence-electron chi connectivity index (χ1n) is 28.5. The van der Waals surface area contributed by atoms with Crippen LogP contribution in [0.4, 0.5) is 56.6 Å². The van der Waals surface area contributed by atoms with Crippen LogP contribution < -0.4 is 15.5 Å². The van der Waals surface area contributed by atoms with Gasteiger partial charge in [0.25, 0.3) is 5.91 Å². The van der Waals surface area contributed by atoms with Gasteiger partial charge in [0.05, 0.1) is 96.1 Å². The zero-order chi connectivity index (χ0) is 67.5. The van der Waals surface area contributed by atoms with Gasteiger partial charge in [0.1, 0.15) is 34.4 Å². The van der Waals surface area contributed by atoms with Crippen molar-refractivity contribution in [3.63, 3.8) is 0 Å². The second-order valence-electron chi connectivity index (χ2n) is 22.7. The number of carbonyl (C=O) groups excluding carboxylic acids is 3. The number of hydrogen-bond donors (Lipinski definition) is 2. The molecule has 2 amide bonds. The molecule has 5 aromatic heterocycles. The number of benzene rings is 3. The fraction of sp³-hybridized carbons (Fsp3) is 0.410. The minimum Gasteiger partial charge on any atom is -0.462 e. The number of cyclic esters (lactones) is 1. The lowest BCUT2D eigenvalue weighted by Crippen LogP contribution is -2.33. The maximum atomic E-state index is 13.5. The van der Waals surface area contributed by atoms with E-state index >= 15 is 0 Å². The fourth-order valence-corrected chi connectivity index (χ4v) is 12.3. The first-order chi connectivity index (χ1) is 42.5. The van der Waals surface area contributed by atoms with Crippen LogP contribution in [-0.4, -0.2) is 94.9 Å². The molecular weight excluding hydrogens is 1380 g/mol. The zero-order valence-corrected chi connectivity index (χ0v) is 55.7. The summed E-state index contributed by atoms with van der Waals surface area (Å²) in [5.41, 5.74) is 10.8. The number of nitrogens with two attached hydrogens (primary N) is 1. The van der Waals surface area contributed by atoms with E-state index in [1.165, 1.54) is 50.2 Å². The van der Waals surface area contributed by atoms with E-state index in [0.717, 1.165) is 51.7 Å². The Hall–Kier alpha value is -7.17. The summed E-state index contributed by atoms with van der Waals surface area (Å²) in [6, 6.07) is 17.1. The van der Waals surface area contributed by atoms with Crippen molar-refractivity contribution >= 4 is 89.9 Å². The molecule has 11 rings (SSSR count). The molecule has 0 spiro atoms. The molecule has 30 heteroatoms. The SMILES string of the molecule is CC(C)c1c(N)cnn1-c1ccc(F)cc1.CC(C)c1c(N2C(=O)C(Br)CC2C)cnn1-c1ccc(F)cc1.CC1CC(Br)C(=O)O1.Cc1[nH]nc(C(F)(F)F)c1Cl.Cc1c(Cl)c(C(F)(F)F)nn1C1CC(C)N(c2cnn(-c3ccc(F)cc3)c2C(C)C)C1=O. The predicted molar refractivity (Wildman–Crippen MR) is 335 cm³/mol. The lowest BCUT2D eigenvalue weighted by Gasteiger charge is -2.23. The van der Waals surface area contributed by atoms with Gasteiger partial charge in [0, 0.05) is 18.5 Å². The molecule has 490 valence electrons. The molecule has 3 aromatic carbocycles. The number of anilines is 3. The number of nitrogens with zero attached hydrogens (tertiary/aromatic N) is 11. The number of alkyl halides is 8. The number of ether oxygens (including phenoxy) is 1. The van der Waals surface area contributed by atoms with Gasteiger partial charge in [-0.2, -0.15) is 51.8 Å². The summed E-state index contributed by atoms with van der Waals surface area (Å²) >= 11 is 17.8. The van der Waals surface area contributed by atoms with Gasteiger partial charge >= 0.3 is 18.3 Å². The van der Waals surface area contributed by atoms with Crippen molar-refractivity contribution in [2.45, 2.75) is 159 Å². The van der Waals surface area contributed by atoms with E-state index in [9.17, 15) is 53.9 Å². The molecule has 8 heterocycles. The van der Waals surface area contributed by atoms with Crippen molar-refractivity contribution < 1.29 is 58.6 Å². The van der Waals surface area contributed by atoms with Gasteiger partial charge in [0.2, 0.25) is 5.91 Å². The largest absolute Gasteiger partial charge is 0.462 e. The van der Waals surface area contributed by atoms with Gasteiger partial charge in [-0.1, -0.05) is 96.6 Å². The van der Waals surface area contributed by atoms with Crippen molar-refractivity contribution in [2.24, 2.45) is 0 Å². The molecule has 6 unspecified atom stereocenters. The van der Waals surface area contributed by atoms with Gasteiger partial charge < -0.3 is 20.3 Å². The summed E-state index contributed by atoms with van der Waals surface area (Å²) in [7, 11) is 0. The molecule has 3 aliphatic rings. The summed E-state index contributed by atoms with van der Waals surface area (Å²) in [6.07, 6.45) is -2.34. The van der Waals surface area contributed by atoms with E-state index in [1.807, 2.05) is 53.4 Å². The first-order valence-corrected chi connectivity index (χ1v) is 31.1. The Bertz CT molecular complexity index is 3830. The fourth-order valence-electron chi connectivity index (χ4n) is 10.5. The molecule has 17 nitrogen and oxygen atoms in total. The molecule has 8 aromatic rings. The summed E-state index contributed by atoms with van der Waals surface area (Å²) < 4.78 is 126. The average Bonchev–Trinajstić information content (AvgIpc) is 1.61. The molecule has 0 saturated carbocycles. The smallest absolute Gasteiger partial charge is 0.436 e. The lowest BCUT2D eigenvalue weighted by molar-refractivity contribution is -0.142. The maximum absolute atomic E-state index is 13.5. The van der Waals surface area contributed by atoms with Gasteiger partial charge in [-0.25, -0.2) is 27.2 Å². The van der Waals surface area contributed by atoms with Crippen LogP contribution in [0.5, 0.6) is 0 Å². The van der Waals surface area contributed by atoms with Gasteiger partial charge in [0.15, 0.2) is 11.4 Å². The number of aryl methyl sites for hydroxylation is 1. The summed E-state index contributed by atoms with van der Waals surface area (Å²) in [5.74, 6) is -0.971. The molecule has 0 radical (unpaired) electrons. The topological polar surface area (TPSA) is 193 Å². The number of amides is 2. The van der Waals surface area contributed by atoms with Gasteiger partial charge in [-0.15, -0.1) is 0 Å². The second-order valence-corrected chi connectivity index (χ2v) is 25.6. The third-order valence-corrected chi connectivity index (χ3v) is 17.1. The normalized spacial score (nSPS) is 19.1. The highest BCUT2D eigenvalue weighted by atomic mass is 79.9. The van der Waals surface area contributed by atoms with Gasteiger partial charge in [-0.05, 0) is 138 Å². The van der Waals surface area contributed by atoms with E-state index in [-0.39, 0.29) is 104 Å². The van der Waals surface area contributed by atoms with Crippen LogP contribution in [0.15, 0.2) is 91.4 Å². The predicted octanol–water partition coefficient (Wildman–Crippen LogP) is 15.9. The van der Waals surface area contributed by atoms with Crippen molar-refractivity contribution in [3.8, 4) is 17.1 Å². The Morgan fingerprint density at radius 3 is 1.31 bits per heavy atom. The molecule has 3 N–H and O–H groups in total. The molecule has 91 heavy (non-hydrogen) atoms. The third-order valence-electron chi connectivity index (χ3n) is 14.7. The van der Waals surface area contributed by atoms with Crippen molar-refractivity contribution in [1.29, 1.82) is 0 Å². The minimum absolute atomic E-state index is 0.0516. The van der Waals surface area contributed by atoms with Crippen LogP contribution in [-0.2, 0) is 31.5 Å². The van der Waals surface area contributed by atoms with Crippen LogP contribution in [0.1, 0.15) is 145 Å². The van der Waals surface area contributed by atoms with E-state index in [0.29, 0.717) is 17.1 Å².